The van der Waals surface area contributed by atoms with Gasteiger partial charge in [0.15, 0.2) is 6.10 Å². The van der Waals surface area contributed by atoms with Crippen LogP contribution in [-0.2, 0) is 4.79 Å². The Morgan fingerprint density at radius 1 is 0.812 bits per heavy atom. The fourth-order valence-corrected chi connectivity index (χ4v) is 3.89. The predicted molar refractivity (Wildman–Crippen MR) is 127 cm³/mol. The van der Waals surface area contributed by atoms with Crippen LogP contribution in [0.3, 0.4) is 0 Å². The van der Waals surface area contributed by atoms with Crippen molar-refractivity contribution in [1.82, 2.24) is 4.90 Å². The first-order chi connectivity index (χ1) is 15.6. The maximum Gasteiger partial charge on any atom is 0.265 e. The van der Waals surface area contributed by atoms with Crippen LogP contribution in [0, 0.1) is 0 Å². The Bertz CT molecular complexity index is 1060. The quantitative estimate of drug-likeness (QED) is 0.573. The number of rotatable bonds is 6. The van der Waals surface area contributed by atoms with Gasteiger partial charge in [-0.05, 0) is 61.6 Å². The first-order valence-corrected chi connectivity index (χ1v) is 11.1. The number of amides is 2. The minimum atomic E-state index is -0.712. The summed E-state index contributed by atoms with van der Waals surface area (Å²) < 4.78 is 5.85. The molecule has 0 aliphatic carbocycles. The maximum atomic E-state index is 13.0. The summed E-state index contributed by atoms with van der Waals surface area (Å²) in [6.45, 7) is 3.23. The molecule has 1 saturated heterocycles. The lowest BCUT2D eigenvalue weighted by molar-refractivity contribution is -0.122. The van der Waals surface area contributed by atoms with E-state index in [1.54, 1.807) is 19.1 Å². The largest absolute Gasteiger partial charge is 0.481 e. The maximum absolute atomic E-state index is 13.0. The molecule has 1 aliphatic heterocycles. The molecule has 5 heteroatoms. The number of nitrogens with zero attached hydrogens (tertiary/aromatic N) is 1. The Morgan fingerprint density at radius 3 is 2.16 bits per heavy atom. The van der Waals surface area contributed by atoms with Crippen molar-refractivity contribution in [3.8, 4) is 16.9 Å². The number of para-hydroxylation sites is 1. The number of ether oxygens (including phenoxy) is 1. The molecule has 3 aromatic rings. The topological polar surface area (TPSA) is 58.6 Å². The number of carbonyl (C=O) groups is 2. The first-order valence-electron chi connectivity index (χ1n) is 11.1. The standard InChI is InChI=1S/C27H28N2O3/c1-20(32-23-16-14-22(15-17-23)21-10-4-2-5-11-21)26(30)28-25-13-7-6-12-24(25)27(31)29-18-8-3-9-19-29/h2,4-7,10-17,20H,3,8-9,18-19H2,1H3,(H,28,30). The second-order valence-corrected chi connectivity index (χ2v) is 8.04. The second kappa shape index (κ2) is 10.1. The molecule has 1 aliphatic rings. The van der Waals surface area contributed by atoms with E-state index in [0.717, 1.165) is 43.5 Å². The lowest BCUT2D eigenvalue weighted by Gasteiger charge is -2.27. The molecule has 1 N–H and O–H groups in total. The number of benzene rings is 3. The van der Waals surface area contributed by atoms with Gasteiger partial charge in [0.25, 0.3) is 11.8 Å². The zero-order valence-electron chi connectivity index (χ0n) is 18.3. The minimum Gasteiger partial charge on any atom is -0.481 e. The van der Waals surface area contributed by atoms with Gasteiger partial charge in [0, 0.05) is 13.1 Å². The Balaban J connectivity index is 1.40. The predicted octanol–water partition coefficient (Wildman–Crippen LogP) is 5.39. The van der Waals surface area contributed by atoms with Gasteiger partial charge < -0.3 is 15.0 Å². The normalized spacial score (nSPS) is 14.5. The third-order valence-electron chi connectivity index (χ3n) is 5.70. The van der Waals surface area contributed by atoms with Crippen LogP contribution in [0.1, 0.15) is 36.5 Å². The van der Waals surface area contributed by atoms with E-state index in [1.807, 2.05) is 59.5 Å². The molecule has 0 saturated carbocycles. The molecule has 0 bridgehead atoms. The Labute approximate surface area is 189 Å². The number of likely N-dealkylation sites (tertiary alicyclic amines) is 1. The van der Waals surface area contributed by atoms with Crippen molar-refractivity contribution in [2.45, 2.75) is 32.3 Å². The molecule has 3 aromatic carbocycles. The summed E-state index contributed by atoms with van der Waals surface area (Å²) >= 11 is 0. The van der Waals surface area contributed by atoms with Gasteiger partial charge in [-0.2, -0.15) is 0 Å². The molecule has 32 heavy (non-hydrogen) atoms. The van der Waals surface area contributed by atoms with Gasteiger partial charge in [0.1, 0.15) is 5.75 Å². The molecule has 164 valence electrons. The summed E-state index contributed by atoms with van der Waals surface area (Å²) in [5.41, 5.74) is 3.24. The van der Waals surface area contributed by atoms with E-state index >= 15 is 0 Å². The molecule has 0 radical (unpaired) electrons. The Kier molecular flexibility index (Phi) is 6.85. The number of carbonyl (C=O) groups excluding carboxylic acids is 2. The van der Waals surface area contributed by atoms with Crippen LogP contribution in [-0.4, -0.2) is 35.9 Å². The monoisotopic (exact) mass is 428 g/mol. The molecule has 2 amide bonds. The summed E-state index contributed by atoms with van der Waals surface area (Å²) in [5.74, 6) is 0.284. The van der Waals surface area contributed by atoms with Crippen molar-refractivity contribution < 1.29 is 14.3 Å². The third kappa shape index (κ3) is 5.17. The van der Waals surface area contributed by atoms with Gasteiger partial charge in [0.05, 0.1) is 11.3 Å². The average molecular weight is 429 g/mol. The van der Waals surface area contributed by atoms with E-state index in [9.17, 15) is 9.59 Å². The number of hydrogen-bond acceptors (Lipinski definition) is 3. The third-order valence-corrected chi connectivity index (χ3v) is 5.70. The molecule has 0 spiro atoms. The lowest BCUT2D eigenvalue weighted by Crippen LogP contribution is -2.36. The van der Waals surface area contributed by atoms with Crippen LogP contribution in [0.25, 0.3) is 11.1 Å². The van der Waals surface area contributed by atoms with E-state index < -0.39 is 6.10 Å². The van der Waals surface area contributed by atoms with Crippen LogP contribution in [0.4, 0.5) is 5.69 Å². The van der Waals surface area contributed by atoms with Crippen LogP contribution >= 0.6 is 0 Å². The van der Waals surface area contributed by atoms with E-state index in [-0.39, 0.29) is 11.8 Å². The minimum absolute atomic E-state index is 0.0364. The number of nitrogens with one attached hydrogen (secondary N) is 1. The molecular weight excluding hydrogens is 400 g/mol. The van der Waals surface area contributed by atoms with Crippen molar-refractivity contribution in [2.24, 2.45) is 0 Å². The van der Waals surface area contributed by atoms with Gasteiger partial charge >= 0.3 is 0 Å². The Morgan fingerprint density at radius 2 is 1.44 bits per heavy atom. The Hall–Kier alpha value is -3.60. The fourth-order valence-electron chi connectivity index (χ4n) is 3.89. The highest BCUT2D eigenvalue weighted by Gasteiger charge is 2.23. The zero-order valence-corrected chi connectivity index (χ0v) is 18.3. The highest BCUT2D eigenvalue weighted by molar-refractivity contribution is 6.04. The van der Waals surface area contributed by atoms with Crippen molar-refractivity contribution >= 4 is 17.5 Å². The van der Waals surface area contributed by atoms with Crippen molar-refractivity contribution in [1.29, 1.82) is 0 Å². The summed E-state index contributed by atoms with van der Waals surface area (Å²) in [5, 5.41) is 2.88. The van der Waals surface area contributed by atoms with E-state index in [0.29, 0.717) is 17.0 Å². The highest BCUT2D eigenvalue weighted by atomic mass is 16.5. The zero-order chi connectivity index (χ0) is 22.3. The van der Waals surface area contributed by atoms with E-state index in [1.165, 1.54) is 0 Å². The number of hydrogen-bond donors (Lipinski definition) is 1. The first kappa shape index (κ1) is 21.6. The fraction of sp³-hybridized carbons (Fsp3) is 0.259. The molecule has 0 aromatic heterocycles. The lowest BCUT2D eigenvalue weighted by atomic mass is 10.1. The second-order valence-electron chi connectivity index (χ2n) is 8.04. The van der Waals surface area contributed by atoms with Gasteiger partial charge in [0.2, 0.25) is 0 Å². The van der Waals surface area contributed by atoms with Gasteiger partial charge in [-0.15, -0.1) is 0 Å². The van der Waals surface area contributed by atoms with Gasteiger partial charge in [-0.3, -0.25) is 9.59 Å². The van der Waals surface area contributed by atoms with Crippen LogP contribution < -0.4 is 10.1 Å². The summed E-state index contributed by atoms with van der Waals surface area (Å²) in [7, 11) is 0. The molecule has 1 heterocycles. The molecule has 1 fully saturated rings. The summed E-state index contributed by atoms with van der Waals surface area (Å²) in [6.07, 6.45) is 2.49. The summed E-state index contributed by atoms with van der Waals surface area (Å²) in [6, 6.07) is 24.9. The van der Waals surface area contributed by atoms with E-state index in [4.69, 9.17) is 4.74 Å². The van der Waals surface area contributed by atoms with Gasteiger partial charge in [-0.1, -0.05) is 54.6 Å². The number of anilines is 1. The molecule has 1 unspecified atom stereocenters. The molecule has 5 nitrogen and oxygen atoms in total. The van der Waals surface area contributed by atoms with Crippen molar-refractivity contribution in [3.05, 3.63) is 84.4 Å². The van der Waals surface area contributed by atoms with E-state index in [2.05, 4.69) is 17.4 Å². The van der Waals surface area contributed by atoms with Crippen LogP contribution in [0.2, 0.25) is 0 Å². The van der Waals surface area contributed by atoms with Gasteiger partial charge in [-0.25, -0.2) is 0 Å². The van der Waals surface area contributed by atoms with Crippen LogP contribution in [0.5, 0.6) is 5.75 Å². The highest BCUT2D eigenvalue weighted by Crippen LogP contribution is 2.24. The van der Waals surface area contributed by atoms with Crippen molar-refractivity contribution in [2.75, 3.05) is 18.4 Å². The van der Waals surface area contributed by atoms with Crippen LogP contribution in [0.15, 0.2) is 78.9 Å². The SMILES string of the molecule is CC(Oc1ccc(-c2ccccc2)cc1)C(=O)Nc1ccccc1C(=O)N1CCCCC1. The summed E-state index contributed by atoms with van der Waals surface area (Å²) in [4.78, 5) is 27.6. The molecule has 1 atom stereocenters. The molecule has 4 rings (SSSR count). The smallest absolute Gasteiger partial charge is 0.265 e. The number of piperidine rings is 1. The molecular formula is C27H28N2O3. The average Bonchev–Trinajstić information content (AvgIpc) is 2.85. The van der Waals surface area contributed by atoms with Crippen molar-refractivity contribution in [3.63, 3.8) is 0 Å².